The number of likely N-dealkylation sites (tertiary alicyclic amines) is 1. The molecular weight excluding hydrogens is 274 g/mol. The van der Waals surface area contributed by atoms with E-state index in [0.717, 1.165) is 12.8 Å². The lowest BCUT2D eigenvalue weighted by Crippen LogP contribution is -2.47. The zero-order valence-corrected chi connectivity index (χ0v) is 12.2. The zero-order chi connectivity index (χ0) is 15.4. The van der Waals surface area contributed by atoms with Gasteiger partial charge in [-0.2, -0.15) is 0 Å². The Morgan fingerprint density at radius 2 is 1.90 bits per heavy atom. The summed E-state index contributed by atoms with van der Waals surface area (Å²) in [5, 5.41) is 9.25. The van der Waals surface area contributed by atoms with Gasteiger partial charge < -0.3 is 19.5 Å². The molecule has 21 heavy (non-hydrogen) atoms. The molecule has 2 rings (SSSR count). The zero-order valence-electron chi connectivity index (χ0n) is 12.2. The van der Waals surface area contributed by atoms with Gasteiger partial charge in [-0.05, 0) is 37.5 Å². The number of hydrogen-bond donors (Lipinski definition) is 1. The van der Waals surface area contributed by atoms with Crippen molar-refractivity contribution in [1.29, 1.82) is 0 Å². The van der Waals surface area contributed by atoms with Gasteiger partial charge in [-0.25, -0.2) is 4.79 Å². The molecule has 0 unspecified atom stereocenters. The number of carboxylic acid groups (broad SMARTS) is 1. The highest BCUT2D eigenvalue weighted by molar-refractivity contribution is 5.97. The molecule has 0 aliphatic carbocycles. The Morgan fingerprint density at radius 3 is 2.52 bits per heavy atom. The molecule has 0 bridgehead atoms. The maximum absolute atomic E-state index is 12.5. The molecule has 1 aliphatic heterocycles. The van der Waals surface area contributed by atoms with E-state index in [1.807, 2.05) is 0 Å². The van der Waals surface area contributed by atoms with Gasteiger partial charge in [-0.1, -0.05) is 0 Å². The Morgan fingerprint density at radius 1 is 1.19 bits per heavy atom. The number of carboxylic acids is 1. The summed E-state index contributed by atoms with van der Waals surface area (Å²) in [5.41, 5.74) is 0.404. The van der Waals surface area contributed by atoms with Gasteiger partial charge in [-0.15, -0.1) is 0 Å². The van der Waals surface area contributed by atoms with Gasteiger partial charge in [0, 0.05) is 12.1 Å². The van der Waals surface area contributed by atoms with Crippen molar-refractivity contribution < 1.29 is 24.2 Å². The summed E-state index contributed by atoms with van der Waals surface area (Å²) in [4.78, 5) is 25.3. The van der Waals surface area contributed by atoms with E-state index in [4.69, 9.17) is 9.47 Å². The summed E-state index contributed by atoms with van der Waals surface area (Å²) >= 11 is 0. The van der Waals surface area contributed by atoms with Crippen LogP contribution in [-0.2, 0) is 4.79 Å². The van der Waals surface area contributed by atoms with Gasteiger partial charge >= 0.3 is 5.97 Å². The minimum absolute atomic E-state index is 0.289. The number of rotatable bonds is 4. The van der Waals surface area contributed by atoms with E-state index in [-0.39, 0.29) is 5.91 Å². The van der Waals surface area contributed by atoms with Crippen LogP contribution in [0.25, 0.3) is 0 Å². The highest BCUT2D eigenvalue weighted by Gasteiger charge is 2.32. The highest BCUT2D eigenvalue weighted by atomic mass is 16.5. The smallest absolute Gasteiger partial charge is 0.326 e. The summed E-state index contributed by atoms with van der Waals surface area (Å²) in [6.45, 7) is 0.462. The van der Waals surface area contributed by atoms with E-state index >= 15 is 0 Å². The third-order valence-electron chi connectivity index (χ3n) is 3.68. The van der Waals surface area contributed by atoms with Crippen molar-refractivity contribution in [1.82, 2.24) is 4.90 Å². The predicted molar refractivity (Wildman–Crippen MR) is 75.9 cm³/mol. The van der Waals surface area contributed by atoms with Crippen molar-refractivity contribution in [3.63, 3.8) is 0 Å². The first-order valence-electron chi connectivity index (χ1n) is 6.84. The summed E-state index contributed by atoms with van der Waals surface area (Å²) in [5.74, 6) is -0.263. The molecule has 1 N–H and O–H groups in total. The molecule has 114 valence electrons. The molecule has 1 aromatic carbocycles. The first kappa shape index (κ1) is 15.2. The lowest BCUT2D eigenvalue weighted by Gasteiger charge is -2.33. The maximum atomic E-state index is 12.5. The van der Waals surface area contributed by atoms with Crippen LogP contribution in [0.4, 0.5) is 0 Å². The first-order valence-corrected chi connectivity index (χ1v) is 6.84. The van der Waals surface area contributed by atoms with Crippen molar-refractivity contribution >= 4 is 11.9 Å². The van der Waals surface area contributed by atoms with Gasteiger partial charge in [0.2, 0.25) is 0 Å². The number of methoxy groups -OCH3 is 2. The molecule has 6 nitrogen and oxygen atoms in total. The first-order chi connectivity index (χ1) is 10.1. The van der Waals surface area contributed by atoms with Crippen molar-refractivity contribution in [2.45, 2.75) is 25.3 Å². The molecule has 1 saturated heterocycles. The number of ether oxygens (including phenoxy) is 2. The van der Waals surface area contributed by atoms with Gasteiger partial charge in [0.1, 0.15) is 6.04 Å². The lowest BCUT2D eigenvalue weighted by molar-refractivity contribution is -0.143. The second-order valence-electron chi connectivity index (χ2n) is 4.92. The van der Waals surface area contributed by atoms with Crippen LogP contribution in [0, 0.1) is 0 Å². The third-order valence-corrected chi connectivity index (χ3v) is 3.68. The van der Waals surface area contributed by atoms with Gasteiger partial charge in [0.25, 0.3) is 5.91 Å². The Bertz CT molecular complexity index is 543. The van der Waals surface area contributed by atoms with E-state index in [1.165, 1.54) is 19.1 Å². The second-order valence-corrected chi connectivity index (χ2v) is 4.92. The van der Waals surface area contributed by atoms with Crippen LogP contribution in [0.15, 0.2) is 18.2 Å². The number of hydrogen-bond acceptors (Lipinski definition) is 4. The van der Waals surface area contributed by atoms with Gasteiger partial charge in [-0.3, -0.25) is 4.79 Å². The number of carbonyl (C=O) groups excluding carboxylic acids is 1. The van der Waals surface area contributed by atoms with Crippen LogP contribution in [0.3, 0.4) is 0 Å². The summed E-state index contributed by atoms with van der Waals surface area (Å²) in [6, 6.07) is 4.09. The minimum atomic E-state index is -0.955. The number of nitrogens with zero attached hydrogens (tertiary/aromatic N) is 1. The molecule has 1 atom stereocenters. The Kier molecular flexibility index (Phi) is 4.67. The maximum Gasteiger partial charge on any atom is 0.326 e. The fraction of sp³-hybridized carbons (Fsp3) is 0.467. The van der Waals surface area contributed by atoms with Crippen molar-refractivity contribution in [2.24, 2.45) is 0 Å². The third kappa shape index (κ3) is 3.09. The molecule has 0 spiro atoms. The normalized spacial score (nSPS) is 18.2. The highest BCUT2D eigenvalue weighted by Crippen LogP contribution is 2.29. The predicted octanol–water partition coefficient (Wildman–Crippen LogP) is 1.78. The number of amides is 1. The van der Waals surface area contributed by atoms with Crippen molar-refractivity contribution in [2.75, 3.05) is 20.8 Å². The summed E-state index contributed by atoms with van der Waals surface area (Å²) in [7, 11) is 3.01. The van der Waals surface area contributed by atoms with E-state index in [9.17, 15) is 14.7 Å². The Balaban J connectivity index is 2.28. The molecule has 0 aromatic heterocycles. The number of piperidine rings is 1. The second kappa shape index (κ2) is 6.47. The average Bonchev–Trinajstić information content (AvgIpc) is 2.53. The topological polar surface area (TPSA) is 76.1 Å². The largest absolute Gasteiger partial charge is 0.493 e. The monoisotopic (exact) mass is 293 g/mol. The van der Waals surface area contributed by atoms with E-state index in [0.29, 0.717) is 30.0 Å². The number of carbonyl (C=O) groups is 2. The fourth-order valence-electron chi connectivity index (χ4n) is 2.57. The molecule has 0 radical (unpaired) electrons. The molecule has 1 fully saturated rings. The molecular formula is C15H19NO5. The Hall–Kier alpha value is -2.24. The molecule has 1 aliphatic rings. The SMILES string of the molecule is COc1ccc(C(=O)N2CCCC[C@@H]2C(=O)O)cc1OC. The van der Waals surface area contributed by atoms with Crippen LogP contribution < -0.4 is 9.47 Å². The molecule has 0 saturated carbocycles. The summed E-state index contributed by atoms with van der Waals surface area (Å²) < 4.78 is 10.3. The number of benzene rings is 1. The molecule has 1 aromatic rings. The standard InChI is InChI=1S/C15H19NO5/c1-20-12-7-6-10(9-13(12)21-2)14(17)16-8-4-3-5-11(16)15(18)19/h6-7,9,11H,3-5,8H2,1-2H3,(H,18,19)/t11-/m1/s1. The molecule has 1 amide bonds. The van der Waals surface area contributed by atoms with Gasteiger partial charge in [0.05, 0.1) is 14.2 Å². The van der Waals surface area contributed by atoms with Crippen LogP contribution in [0.2, 0.25) is 0 Å². The number of aliphatic carboxylic acids is 1. The molecule has 6 heteroatoms. The van der Waals surface area contributed by atoms with Crippen LogP contribution in [0.5, 0.6) is 11.5 Å². The summed E-state index contributed by atoms with van der Waals surface area (Å²) in [6.07, 6.45) is 2.14. The van der Waals surface area contributed by atoms with E-state index in [2.05, 4.69) is 0 Å². The molecule has 1 heterocycles. The van der Waals surface area contributed by atoms with Crippen molar-refractivity contribution in [3.8, 4) is 11.5 Å². The average molecular weight is 293 g/mol. The van der Waals surface area contributed by atoms with Crippen LogP contribution in [-0.4, -0.2) is 48.7 Å². The Labute approximate surface area is 123 Å². The van der Waals surface area contributed by atoms with E-state index in [1.54, 1.807) is 18.2 Å². The van der Waals surface area contributed by atoms with Crippen LogP contribution in [0.1, 0.15) is 29.6 Å². The van der Waals surface area contributed by atoms with Crippen molar-refractivity contribution in [3.05, 3.63) is 23.8 Å². The van der Waals surface area contributed by atoms with Gasteiger partial charge in [0.15, 0.2) is 11.5 Å². The fourth-order valence-corrected chi connectivity index (χ4v) is 2.57. The quantitative estimate of drug-likeness (QED) is 0.915. The minimum Gasteiger partial charge on any atom is -0.493 e. The lowest BCUT2D eigenvalue weighted by atomic mass is 10.0. The van der Waals surface area contributed by atoms with Crippen LogP contribution >= 0.6 is 0 Å². The van der Waals surface area contributed by atoms with E-state index < -0.39 is 12.0 Å².